The minimum atomic E-state index is 0. The molecule has 2 heterocycles. The topological polar surface area (TPSA) is 58.4 Å². The van der Waals surface area contributed by atoms with Crippen LogP contribution in [0.5, 0.6) is 0 Å². The lowest BCUT2D eigenvalue weighted by Gasteiger charge is -2.19. The fraction of sp³-hybridized carbons (Fsp3) is 0.412. The number of carbonyl (C=O) groups is 1. The lowest BCUT2D eigenvalue weighted by atomic mass is 10.2. The van der Waals surface area contributed by atoms with Crippen molar-refractivity contribution in [3.8, 4) is 11.3 Å². The van der Waals surface area contributed by atoms with Gasteiger partial charge in [0, 0.05) is 42.5 Å². The maximum Gasteiger partial charge on any atom is 0.223 e. The van der Waals surface area contributed by atoms with Gasteiger partial charge in [-0.05, 0) is 19.0 Å². The Morgan fingerprint density at radius 2 is 2.04 bits per heavy atom. The monoisotopic (exact) mass is 449 g/mol. The molecule has 0 atom stereocenters. The second kappa shape index (κ2) is 10.8. The highest BCUT2D eigenvalue weighted by atomic mass is 79.9. The van der Waals surface area contributed by atoms with Crippen molar-refractivity contribution in [2.24, 2.45) is 0 Å². The van der Waals surface area contributed by atoms with Crippen LogP contribution in [0.2, 0.25) is 0 Å². The summed E-state index contributed by atoms with van der Waals surface area (Å²) in [7, 11) is 0. The number of oxazole rings is 1. The second-order valence-corrected chi connectivity index (χ2v) is 6.44. The molecule has 1 fully saturated rings. The van der Waals surface area contributed by atoms with Crippen LogP contribution in [0.25, 0.3) is 11.3 Å². The van der Waals surface area contributed by atoms with Gasteiger partial charge in [0.05, 0.1) is 6.20 Å². The normalized spacial score (nSPS) is 14.2. The molecule has 1 aliphatic rings. The van der Waals surface area contributed by atoms with Gasteiger partial charge >= 0.3 is 0 Å². The van der Waals surface area contributed by atoms with Crippen LogP contribution in [0.15, 0.2) is 39.4 Å². The molecule has 1 N–H and O–H groups in total. The van der Waals surface area contributed by atoms with Crippen molar-refractivity contribution in [1.82, 2.24) is 15.2 Å². The van der Waals surface area contributed by atoms with Crippen molar-refractivity contribution >= 4 is 46.7 Å². The van der Waals surface area contributed by atoms with Crippen molar-refractivity contribution < 1.29 is 9.21 Å². The van der Waals surface area contributed by atoms with E-state index in [1.165, 1.54) is 0 Å². The third-order valence-electron chi connectivity index (χ3n) is 3.94. The third kappa shape index (κ3) is 5.99. The molecule has 1 aliphatic heterocycles. The number of aryl methyl sites for hydroxylation is 1. The zero-order valence-electron chi connectivity index (χ0n) is 13.7. The summed E-state index contributed by atoms with van der Waals surface area (Å²) in [5, 5.41) is 3.30. The summed E-state index contributed by atoms with van der Waals surface area (Å²) in [6.07, 6.45) is 3.70. The van der Waals surface area contributed by atoms with Crippen molar-refractivity contribution in [3.63, 3.8) is 0 Å². The molecule has 0 radical (unpaired) electrons. The first-order chi connectivity index (χ1) is 11.2. The molecule has 1 aromatic carbocycles. The molecule has 25 heavy (non-hydrogen) atoms. The predicted octanol–water partition coefficient (Wildman–Crippen LogP) is 3.70. The summed E-state index contributed by atoms with van der Waals surface area (Å²) in [4.78, 5) is 18.5. The molecule has 3 rings (SSSR count). The number of rotatable bonds is 4. The highest BCUT2D eigenvalue weighted by Crippen LogP contribution is 2.28. The van der Waals surface area contributed by atoms with Crippen molar-refractivity contribution in [2.45, 2.75) is 19.3 Å². The van der Waals surface area contributed by atoms with E-state index in [9.17, 15) is 4.79 Å². The van der Waals surface area contributed by atoms with E-state index >= 15 is 0 Å². The van der Waals surface area contributed by atoms with Crippen LogP contribution in [0, 0.1) is 0 Å². The second-order valence-electron chi connectivity index (χ2n) is 5.58. The standard InChI is InChI=1S/C17H20BrN3O2.2ClH/c18-14-5-2-1-4-13(14)15-12-20-16(23-15)6-7-17(22)21-10-3-8-19-9-11-21;;/h1-2,4-5,12,19H,3,6-11H2;2*1H. The molecule has 0 bridgehead atoms. The number of nitrogens with one attached hydrogen (secondary N) is 1. The van der Waals surface area contributed by atoms with E-state index in [0.29, 0.717) is 18.7 Å². The molecule has 5 nitrogen and oxygen atoms in total. The predicted molar refractivity (Wildman–Crippen MR) is 107 cm³/mol. The SMILES string of the molecule is Cl.Cl.O=C(CCc1ncc(-c2ccccc2Br)o1)N1CCCNCC1. The van der Waals surface area contributed by atoms with Crippen molar-refractivity contribution in [1.29, 1.82) is 0 Å². The first kappa shape index (κ1) is 22.0. The summed E-state index contributed by atoms with van der Waals surface area (Å²) < 4.78 is 6.76. The average Bonchev–Trinajstić information content (AvgIpc) is 2.86. The van der Waals surface area contributed by atoms with E-state index in [1.807, 2.05) is 29.2 Å². The molecule has 8 heteroatoms. The van der Waals surface area contributed by atoms with Gasteiger partial charge in [-0.3, -0.25) is 4.79 Å². The Kier molecular flexibility index (Phi) is 9.50. The number of halogens is 3. The van der Waals surface area contributed by atoms with Crippen LogP contribution in [0.4, 0.5) is 0 Å². The van der Waals surface area contributed by atoms with Crippen LogP contribution >= 0.6 is 40.7 Å². The van der Waals surface area contributed by atoms with E-state index in [0.717, 1.165) is 48.4 Å². The number of carbonyl (C=O) groups excluding carboxylic acids is 1. The zero-order valence-corrected chi connectivity index (χ0v) is 17.0. The average molecular weight is 451 g/mol. The van der Waals surface area contributed by atoms with Gasteiger partial charge < -0.3 is 14.6 Å². The van der Waals surface area contributed by atoms with Gasteiger partial charge in [0.2, 0.25) is 5.91 Å². The maximum atomic E-state index is 12.3. The van der Waals surface area contributed by atoms with E-state index in [4.69, 9.17) is 4.42 Å². The zero-order chi connectivity index (χ0) is 16.1. The van der Waals surface area contributed by atoms with E-state index in [2.05, 4.69) is 26.2 Å². The summed E-state index contributed by atoms with van der Waals surface area (Å²) in [5.41, 5.74) is 0.969. The largest absolute Gasteiger partial charge is 0.441 e. The maximum absolute atomic E-state index is 12.3. The van der Waals surface area contributed by atoms with Crippen LogP contribution in [-0.4, -0.2) is 42.0 Å². The summed E-state index contributed by atoms with van der Waals surface area (Å²) >= 11 is 3.51. The number of nitrogens with zero attached hydrogens (tertiary/aromatic N) is 2. The fourth-order valence-electron chi connectivity index (χ4n) is 2.68. The Hall–Kier alpha value is -1.08. The van der Waals surface area contributed by atoms with Gasteiger partial charge in [-0.25, -0.2) is 4.98 Å². The first-order valence-corrected chi connectivity index (χ1v) is 8.71. The lowest BCUT2D eigenvalue weighted by Crippen LogP contribution is -2.34. The van der Waals surface area contributed by atoms with Gasteiger partial charge in [-0.2, -0.15) is 0 Å². The summed E-state index contributed by atoms with van der Waals surface area (Å²) in [6, 6.07) is 7.86. The molecule has 1 aromatic heterocycles. The van der Waals surface area contributed by atoms with E-state index in [1.54, 1.807) is 6.20 Å². The number of amides is 1. The summed E-state index contributed by atoms with van der Waals surface area (Å²) in [5.74, 6) is 1.50. The molecule has 1 saturated heterocycles. The number of aromatic nitrogens is 1. The smallest absolute Gasteiger partial charge is 0.223 e. The molecular formula is C17H22BrCl2N3O2. The molecule has 2 aromatic rings. The molecule has 0 saturated carbocycles. The lowest BCUT2D eigenvalue weighted by molar-refractivity contribution is -0.131. The van der Waals surface area contributed by atoms with Crippen molar-refractivity contribution in [3.05, 3.63) is 40.8 Å². The molecule has 0 spiro atoms. The Balaban J connectivity index is 0.00000156. The minimum absolute atomic E-state index is 0. The molecular weight excluding hydrogens is 429 g/mol. The summed E-state index contributed by atoms with van der Waals surface area (Å²) in [6.45, 7) is 3.47. The van der Waals surface area contributed by atoms with Gasteiger partial charge in [0.1, 0.15) is 0 Å². The van der Waals surface area contributed by atoms with Crippen LogP contribution in [-0.2, 0) is 11.2 Å². The Morgan fingerprint density at radius 3 is 2.84 bits per heavy atom. The highest BCUT2D eigenvalue weighted by Gasteiger charge is 2.16. The Bertz CT molecular complexity index is 673. The first-order valence-electron chi connectivity index (χ1n) is 7.92. The van der Waals surface area contributed by atoms with Gasteiger partial charge in [0.25, 0.3) is 0 Å². The Labute approximate surface area is 168 Å². The molecule has 138 valence electrons. The third-order valence-corrected chi connectivity index (χ3v) is 4.63. The minimum Gasteiger partial charge on any atom is -0.441 e. The molecule has 0 unspecified atom stereocenters. The van der Waals surface area contributed by atoms with Crippen LogP contribution in [0.1, 0.15) is 18.7 Å². The molecule has 0 aliphatic carbocycles. The number of hydrogen-bond donors (Lipinski definition) is 1. The quantitative estimate of drug-likeness (QED) is 0.771. The number of benzene rings is 1. The van der Waals surface area contributed by atoms with Gasteiger partial charge in [-0.15, -0.1) is 24.8 Å². The van der Waals surface area contributed by atoms with Gasteiger partial charge in [0.15, 0.2) is 11.7 Å². The van der Waals surface area contributed by atoms with E-state index < -0.39 is 0 Å². The van der Waals surface area contributed by atoms with Gasteiger partial charge in [-0.1, -0.05) is 34.1 Å². The van der Waals surface area contributed by atoms with Crippen LogP contribution < -0.4 is 5.32 Å². The fourth-order valence-corrected chi connectivity index (χ4v) is 3.16. The Morgan fingerprint density at radius 1 is 1.24 bits per heavy atom. The van der Waals surface area contributed by atoms with Crippen molar-refractivity contribution in [2.75, 3.05) is 26.2 Å². The number of hydrogen-bond acceptors (Lipinski definition) is 4. The van der Waals surface area contributed by atoms with E-state index in [-0.39, 0.29) is 30.7 Å². The molecule has 1 amide bonds. The van der Waals surface area contributed by atoms with Crippen LogP contribution in [0.3, 0.4) is 0 Å². The highest BCUT2D eigenvalue weighted by molar-refractivity contribution is 9.10.